The molecule has 0 aliphatic carbocycles. The molecule has 0 saturated carbocycles. The smallest absolute Gasteiger partial charge is 0.348 e. The molecule has 2 aliphatic rings. The van der Waals surface area contributed by atoms with Gasteiger partial charge in [0.1, 0.15) is 0 Å². The number of carbonyl (C=O) groups is 1. The highest BCUT2D eigenvalue weighted by Crippen LogP contribution is 2.41. The van der Waals surface area contributed by atoms with Gasteiger partial charge in [0, 0.05) is 18.6 Å². The van der Waals surface area contributed by atoms with Crippen LogP contribution in [0.3, 0.4) is 0 Å². The number of nitrogens with zero attached hydrogens (tertiary/aromatic N) is 1. The third-order valence-electron chi connectivity index (χ3n) is 6.25. The number of alkyl halides is 3. The molecule has 0 aromatic heterocycles. The van der Waals surface area contributed by atoms with Crippen LogP contribution in [0, 0.1) is 0 Å². The molecule has 31 heavy (non-hydrogen) atoms. The molecule has 2 heterocycles. The van der Waals surface area contributed by atoms with Crippen molar-refractivity contribution in [3.63, 3.8) is 0 Å². The highest BCUT2D eigenvalue weighted by Gasteiger charge is 2.37. The second-order valence-corrected chi connectivity index (χ2v) is 8.40. The summed E-state index contributed by atoms with van der Waals surface area (Å²) in [5.41, 5.74) is 1.02. The summed E-state index contributed by atoms with van der Waals surface area (Å²) in [6, 6.07) is 12.4. The number of amides is 1. The first-order valence-electron chi connectivity index (χ1n) is 10.3. The number of benzene rings is 2. The number of piperidine rings is 1. The van der Waals surface area contributed by atoms with Gasteiger partial charge in [0.2, 0.25) is 0 Å². The predicted molar refractivity (Wildman–Crippen MR) is 118 cm³/mol. The Morgan fingerprint density at radius 1 is 1.06 bits per heavy atom. The number of halogens is 5. The summed E-state index contributed by atoms with van der Waals surface area (Å²) in [6.07, 6.45) is 1.40. The minimum atomic E-state index is -4.60. The van der Waals surface area contributed by atoms with Crippen LogP contribution < -0.4 is 5.32 Å². The van der Waals surface area contributed by atoms with Gasteiger partial charge >= 0.3 is 6.18 Å². The van der Waals surface area contributed by atoms with Crippen LogP contribution in [0.2, 0.25) is 5.02 Å². The number of rotatable bonds is 4. The normalized spacial score (nSPS) is 21.3. The standard InChI is InChI=1S/C23H24ClF3N2O.ClH/c24-21-18(9-5-10-19(21)23(25,26)27)22(30)28-14-15-6-1-2-8-17(15)20-12-11-16-7-3-4-13-29(16)20;/h1-2,5-6,8-10,16,20H,3-4,7,11-14H2,(H,28,30);1H. The Morgan fingerprint density at radius 3 is 2.61 bits per heavy atom. The number of hydrogen-bond donors (Lipinski definition) is 1. The van der Waals surface area contributed by atoms with E-state index >= 15 is 0 Å². The van der Waals surface area contributed by atoms with Crippen LogP contribution in [-0.2, 0) is 12.7 Å². The molecule has 8 heteroatoms. The maximum atomic E-state index is 13.1. The van der Waals surface area contributed by atoms with Gasteiger partial charge in [-0.15, -0.1) is 12.4 Å². The third-order valence-corrected chi connectivity index (χ3v) is 6.66. The van der Waals surface area contributed by atoms with Crippen molar-refractivity contribution in [3.8, 4) is 0 Å². The van der Waals surface area contributed by atoms with Crippen LogP contribution in [-0.4, -0.2) is 23.4 Å². The zero-order valence-corrected chi connectivity index (χ0v) is 18.5. The van der Waals surface area contributed by atoms with Crippen LogP contribution in [0.1, 0.15) is 65.2 Å². The second-order valence-electron chi connectivity index (χ2n) is 8.03. The number of fused-ring (bicyclic) bond motifs is 1. The topological polar surface area (TPSA) is 32.3 Å². The molecular formula is C23H25Cl2F3N2O. The van der Waals surface area contributed by atoms with Crippen molar-refractivity contribution in [1.29, 1.82) is 0 Å². The zero-order valence-electron chi connectivity index (χ0n) is 16.9. The van der Waals surface area contributed by atoms with E-state index in [1.165, 1.54) is 43.4 Å². The van der Waals surface area contributed by atoms with Crippen molar-refractivity contribution in [2.45, 2.75) is 56.9 Å². The van der Waals surface area contributed by atoms with Gasteiger partial charge in [-0.2, -0.15) is 13.2 Å². The summed E-state index contributed by atoms with van der Waals surface area (Å²) in [5, 5.41) is 2.19. The Morgan fingerprint density at radius 2 is 1.84 bits per heavy atom. The fourth-order valence-electron chi connectivity index (χ4n) is 4.81. The molecule has 2 aromatic rings. The molecule has 2 atom stereocenters. The second kappa shape index (κ2) is 9.80. The van der Waals surface area contributed by atoms with E-state index in [0.717, 1.165) is 24.6 Å². The zero-order chi connectivity index (χ0) is 21.3. The quantitative estimate of drug-likeness (QED) is 0.558. The molecule has 2 fully saturated rings. The average Bonchev–Trinajstić information content (AvgIpc) is 3.15. The van der Waals surface area contributed by atoms with Crippen LogP contribution in [0.25, 0.3) is 0 Å². The molecule has 1 amide bonds. The minimum absolute atomic E-state index is 0. The summed E-state index contributed by atoms with van der Waals surface area (Å²) in [7, 11) is 0. The van der Waals surface area contributed by atoms with Crippen molar-refractivity contribution >= 4 is 29.9 Å². The van der Waals surface area contributed by atoms with Gasteiger partial charge in [-0.25, -0.2) is 0 Å². The van der Waals surface area contributed by atoms with Gasteiger partial charge in [0.25, 0.3) is 5.91 Å². The Balaban J connectivity index is 0.00000272. The number of carbonyl (C=O) groups excluding carboxylic acids is 1. The summed E-state index contributed by atoms with van der Waals surface area (Å²) in [4.78, 5) is 15.2. The molecule has 2 aliphatic heterocycles. The molecule has 4 rings (SSSR count). The highest BCUT2D eigenvalue weighted by molar-refractivity contribution is 6.34. The summed E-state index contributed by atoms with van der Waals surface area (Å²) in [6.45, 7) is 1.34. The Hall–Kier alpha value is -1.76. The van der Waals surface area contributed by atoms with E-state index in [1.807, 2.05) is 18.2 Å². The van der Waals surface area contributed by atoms with E-state index in [9.17, 15) is 18.0 Å². The summed E-state index contributed by atoms with van der Waals surface area (Å²) < 4.78 is 39.3. The van der Waals surface area contributed by atoms with Gasteiger partial charge in [-0.1, -0.05) is 48.4 Å². The molecule has 0 radical (unpaired) electrons. The van der Waals surface area contributed by atoms with Crippen molar-refractivity contribution in [2.75, 3.05) is 6.54 Å². The minimum Gasteiger partial charge on any atom is -0.348 e. The molecule has 168 valence electrons. The van der Waals surface area contributed by atoms with E-state index in [0.29, 0.717) is 12.1 Å². The van der Waals surface area contributed by atoms with Crippen LogP contribution in [0.15, 0.2) is 42.5 Å². The van der Waals surface area contributed by atoms with E-state index in [-0.39, 0.29) is 24.5 Å². The van der Waals surface area contributed by atoms with Crippen LogP contribution in [0.4, 0.5) is 13.2 Å². The lowest BCUT2D eigenvalue weighted by Gasteiger charge is -2.35. The molecule has 0 spiro atoms. The summed E-state index contributed by atoms with van der Waals surface area (Å²) in [5.74, 6) is -0.608. The van der Waals surface area contributed by atoms with Crippen LogP contribution >= 0.6 is 24.0 Å². The molecule has 3 nitrogen and oxygen atoms in total. The molecule has 2 saturated heterocycles. The van der Waals surface area contributed by atoms with Crippen molar-refractivity contribution in [1.82, 2.24) is 10.2 Å². The van der Waals surface area contributed by atoms with Crippen molar-refractivity contribution in [2.24, 2.45) is 0 Å². The Kier molecular flexibility index (Phi) is 7.55. The monoisotopic (exact) mass is 472 g/mol. The van der Waals surface area contributed by atoms with E-state index in [2.05, 4.69) is 16.3 Å². The fourth-order valence-corrected chi connectivity index (χ4v) is 5.13. The average molecular weight is 473 g/mol. The largest absolute Gasteiger partial charge is 0.417 e. The molecule has 2 aromatic carbocycles. The SMILES string of the molecule is Cl.O=C(NCc1ccccc1C1CCC2CCCCN21)c1cccc(C(F)(F)F)c1Cl. The van der Waals surface area contributed by atoms with E-state index in [4.69, 9.17) is 11.6 Å². The molecule has 1 N–H and O–H groups in total. The molecule has 2 unspecified atom stereocenters. The first-order chi connectivity index (χ1) is 14.4. The first-order valence-corrected chi connectivity index (χ1v) is 10.7. The van der Waals surface area contributed by atoms with Crippen molar-refractivity contribution in [3.05, 3.63) is 69.7 Å². The highest BCUT2D eigenvalue weighted by atomic mass is 35.5. The lowest BCUT2D eigenvalue weighted by molar-refractivity contribution is -0.137. The number of nitrogens with one attached hydrogen (secondary N) is 1. The fraction of sp³-hybridized carbons (Fsp3) is 0.435. The van der Waals surface area contributed by atoms with Crippen LogP contribution in [0.5, 0.6) is 0 Å². The third kappa shape index (κ3) is 5.02. The maximum absolute atomic E-state index is 13.1. The predicted octanol–water partition coefficient (Wildman–Crippen LogP) is 6.40. The van der Waals surface area contributed by atoms with Crippen molar-refractivity contribution < 1.29 is 18.0 Å². The Bertz CT molecular complexity index is 935. The molecular weight excluding hydrogens is 448 g/mol. The summed E-state index contributed by atoms with van der Waals surface area (Å²) >= 11 is 5.89. The van der Waals surface area contributed by atoms with Gasteiger partial charge in [0.05, 0.1) is 16.1 Å². The lowest BCUT2D eigenvalue weighted by atomic mass is 9.98. The van der Waals surface area contributed by atoms with Gasteiger partial charge in [0.15, 0.2) is 0 Å². The van der Waals surface area contributed by atoms with E-state index < -0.39 is 22.7 Å². The van der Waals surface area contributed by atoms with E-state index in [1.54, 1.807) is 0 Å². The number of hydrogen-bond acceptors (Lipinski definition) is 2. The van der Waals surface area contributed by atoms with Gasteiger partial charge < -0.3 is 5.32 Å². The Labute approximate surface area is 191 Å². The van der Waals surface area contributed by atoms with Gasteiger partial charge in [-0.3, -0.25) is 9.69 Å². The van der Waals surface area contributed by atoms with Gasteiger partial charge in [-0.05, 0) is 55.5 Å². The lowest BCUT2D eigenvalue weighted by Crippen LogP contribution is -2.36. The first kappa shape index (κ1) is 23.9. The maximum Gasteiger partial charge on any atom is 0.417 e. The molecule has 0 bridgehead atoms.